The minimum absolute atomic E-state index is 0.00512. The zero-order valence-corrected chi connectivity index (χ0v) is 17.3. The Kier molecular flexibility index (Phi) is 4.28. The molecule has 4 heteroatoms. The maximum atomic E-state index is 13.2. The van der Waals surface area contributed by atoms with Crippen molar-refractivity contribution in [1.29, 1.82) is 0 Å². The van der Waals surface area contributed by atoms with Gasteiger partial charge < -0.3 is 14.9 Å². The first kappa shape index (κ1) is 19.6. The number of carbonyl (C=O) groups excluding carboxylic acids is 1. The van der Waals surface area contributed by atoms with Crippen LogP contribution < -0.4 is 0 Å². The molecule has 5 aliphatic carbocycles. The molecule has 0 amide bonds. The summed E-state index contributed by atoms with van der Waals surface area (Å²) in [6.07, 6.45) is 5.79. The van der Waals surface area contributed by atoms with E-state index in [9.17, 15) is 15.0 Å². The van der Waals surface area contributed by atoms with E-state index < -0.39 is 11.5 Å². The number of aliphatic hydroxyl groups excluding tert-OH is 2. The summed E-state index contributed by atoms with van der Waals surface area (Å²) in [5, 5.41) is 20.9. The van der Waals surface area contributed by atoms with Gasteiger partial charge in [0.25, 0.3) is 0 Å². The lowest BCUT2D eigenvalue weighted by atomic mass is 9.33. The molecule has 9 unspecified atom stereocenters. The van der Waals surface area contributed by atoms with Crippen LogP contribution in [0.5, 0.6) is 0 Å². The number of aliphatic hydroxyl groups is 2. The summed E-state index contributed by atoms with van der Waals surface area (Å²) in [4.78, 5) is 13.2. The van der Waals surface area contributed by atoms with Crippen molar-refractivity contribution < 1.29 is 19.7 Å². The Balaban J connectivity index is 1.92. The van der Waals surface area contributed by atoms with Crippen LogP contribution in [0.4, 0.5) is 0 Å². The van der Waals surface area contributed by atoms with Crippen molar-refractivity contribution in [3.8, 4) is 0 Å². The lowest BCUT2D eigenvalue weighted by molar-refractivity contribution is -0.303. The topological polar surface area (TPSA) is 66.8 Å². The van der Waals surface area contributed by atoms with Gasteiger partial charge in [0.2, 0.25) is 0 Å². The highest BCUT2D eigenvalue weighted by Crippen LogP contribution is 2.78. The summed E-state index contributed by atoms with van der Waals surface area (Å²) in [5.74, 6) is 0.780. The molecule has 4 bridgehead atoms. The number of fused-ring (bicyclic) bond motifs is 4. The van der Waals surface area contributed by atoms with Gasteiger partial charge in [-0.25, -0.2) is 0 Å². The third-order valence-electron chi connectivity index (χ3n) is 9.63. The zero-order chi connectivity index (χ0) is 19.8. The molecule has 9 atom stereocenters. The molecule has 1 spiro atoms. The van der Waals surface area contributed by atoms with Gasteiger partial charge in [-0.3, -0.25) is 4.79 Å². The molecule has 0 saturated heterocycles. The van der Waals surface area contributed by atoms with Gasteiger partial charge in [-0.1, -0.05) is 33.8 Å². The number of rotatable bonds is 4. The van der Waals surface area contributed by atoms with E-state index in [0.717, 1.165) is 25.7 Å². The van der Waals surface area contributed by atoms with E-state index >= 15 is 0 Å². The Bertz CT molecular complexity index is 661. The molecule has 0 aromatic heterocycles. The fourth-order valence-corrected chi connectivity index (χ4v) is 8.78. The molecule has 27 heavy (non-hydrogen) atoms. The normalized spacial score (nSPS) is 56.7. The van der Waals surface area contributed by atoms with Gasteiger partial charge >= 0.3 is 0 Å². The summed E-state index contributed by atoms with van der Waals surface area (Å²) >= 11 is 0. The monoisotopic (exact) mass is 376 g/mol. The van der Waals surface area contributed by atoms with Crippen LogP contribution in [0.25, 0.3) is 0 Å². The molecule has 5 fully saturated rings. The van der Waals surface area contributed by atoms with Crippen molar-refractivity contribution >= 4 is 5.78 Å². The van der Waals surface area contributed by atoms with Gasteiger partial charge in [0.1, 0.15) is 5.78 Å². The molecular formula is C23H36O4. The maximum Gasteiger partial charge on any atom is 0.137 e. The lowest BCUT2D eigenvalue weighted by Crippen LogP contribution is -2.74. The van der Waals surface area contributed by atoms with Crippen LogP contribution in [0.2, 0.25) is 0 Å². The van der Waals surface area contributed by atoms with Crippen LogP contribution in [0.15, 0.2) is 12.7 Å². The van der Waals surface area contributed by atoms with Crippen LogP contribution in [0.1, 0.15) is 59.8 Å². The Morgan fingerprint density at radius 1 is 1.30 bits per heavy atom. The van der Waals surface area contributed by atoms with Crippen molar-refractivity contribution in [3.05, 3.63) is 12.7 Å². The van der Waals surface area contributed by atoms with Crippen LogP contribution in [0, 0.1) is 39.4 Å². The third-order valence-corrected chi connectivity index (χ3v) is 9.63. The molecule has 0 radical (unpaired) electrons. The molecular weight excluding hydrogens is 340 g/mol. The van der Waals surface area contributed by atoms with E-state index in [0.29, 0.717) is 24.7 Å². The van der Waals surface area contributed by atoms with Crippen molar-refractivity contribution in [2.75, 3.05) is 13.2 Å². The van der Waals surface area contributed by atoms with E-state index in [1.54, 1.807) is 0 Å². The number of Topliss-reactive ketones (excluding diaryl/α,β-unsaturated/α-hetero) is 1. The molecule has 5 rings (SSSR count). The van der Waals surface area contributed by atoms with E-state index in [-0.39, 0.29) is 40.8 Å². The minimum atomic E-state index is -0.514. The van der Waals surface area contributed by atoms with Crippen molar-refractivity contribution in [1.82, 2.24) is 0 Å². The van der Waals surface area contributed by atoms with Crippen molar-refractivity contribution in [2.45, 2.75) is 72.0 Å². The predicted molar refractivity (Wildman–Crippen MR) is 104 cm³/mol. The first-order valence-electron chi connectivity index (χ1n) is 10.7. The number of hydrogen-bond donors (Lipinski definition) is 2. The van der Waals surface area contributed by atoms with E-state index in [1.807, 2.05) is 6.08 Å². The van der Waals surface area contributed by atoms with Gasteiger partial charge in [-0.05, 0) is 48.3 Å². The smallest absolute Gasteiger partial charge is 0.137 e. The van der Waals surface area contributed by atoms with Gasteiger partial charge in [-0.2, -0.15) is 0 Å². The molecule has 0 heterocycles. The lowest BCUT2D eigenvalue weighted by Gasteiger charge is -2.72. The van der Waals surface area contributed by atoms with Gasteiger partial charge in [0.05, 0.1) is 25.4 Å². The number of ether oxygens (including phenoxy) is 1. The Labute approximate surface area is 163 Å². The fraction of sp³-hybridized carbons (Fsp3) is 0.870. The van der Waals surface area contributed by atoms with Gasteiger partial charge in [0.15, 0.2) is 0 Å². The van der Waals surface area contributed by atoms with Crippen molar-refractivity contribution in [3.63, 3.8) is 0 Å². The summed E-state index contributed by atoms with van der Waals surface area (Å²) in [5.41, 5.74) is -0.867. The first-order chi connectivity index (χ1) is 12.6. The SMILES string of the molecule is C=CC1(C)CC2(C)C3CCC4(CCC(=O)C4C3(C)C2OCCO)C(C)C1O. The first-order valence-corrected chi connectivity index (χ1v) is 10.7. The summed E-state index contributed by atoms with van der Waals surface area (Å²) in [7, 11) is 0. The molecule has 0 aliphatic heterocycles. The molecule has 5 saturated carbocycles. The second-order valence-corrected chi connectivity index (χ2v) is 10.7. The van der Waals surface area contributed by atoms with Gasteiger partial charge in [0, 0.05) is 23.2 Å². The molecule has 2 N–H and O–H groups in total. The summed E-state index contributed by atoms with van der Waals surface area (Å²) < 4.78 is 6.29. The van der Waals surface area contributed by atoms with Gasteiger partial charge in [-0.15, -0.1) is 6.58 Å². The standard InChI is InChI=1S/C23H36O4/c1-6-20(3)13-21(4)16-8-10-23(14(2)18(20)26)9-7-15(25)17(23)22(16,5)19(21)27-12-11-24/h6,14,16-19,24,26H,1,7-13H2,2-5H3. The second kappa shape index (κ2) is 5.90. The predicted octanol–water partition coefficient (Wildman–Crippen LogP) is 3.36. The molecule has 0 aromatic carbocycles. The third kappa shape index (κ3) is 2.13. The fourth-order valence-electron chi connectivity index (χ4n) is 8.78. The summed E-state index contributed by atoms with van der Waals surface area (Å²) in [6.45, 7) is 13.2. The van der Waals surface area contributed by atoms with Crippen LogP contribution in [-0.2, 0) is 9.53 Å². The molecule has 4 nitrogen and oxygen atoms in total. The minimum Gasteiger partial charge on any atom is -0.394 e. The van der Waals surface area contributed by atoms with Crippen LogP contribution >= 0.6 is 0 Å². The Morgan fingerprint density at radius 3 is 2.63 bits per heavy atom. The average molecular weight is 377 g/mol. The Hall–Kier alpha value is -0.710. The number of carbonyl (C=O) groups is 1. The molecule has 152 valence electrons. The highest BCUT2D eigenvalue weighted by atomic mass is 16.5. The van der Waals surface area contributed by atoms with Crippen molar-refractivity contribution in [2.24, 2.45) is 39.4 Å². The number of ketones is 1. The van der Waals surface area contributed by atoms with Crippen LogP contribution in [0.3, 0.4) is 0 Å². The Morgan fingerprint density at radius 2 is 2.00 bits per heavy atom. The van der Waals surface area contributed by atoms with E-state index in [4.69, 9.17) is 4.74 Å². The molecule has 0 aromatic rings. The highest BCUT2D eigenvalue weighted by molar-refractivity contribution is 5.86. The number of hydrogen-bond acceptors (Lipinski definition) is 4. The van der Waals surface area contributed by atoms with E-state index in [2.05, 4.69) is 34.3 Å². The average Bonchev–Trinajstić information content (AvgIpc) is 2.99. The second-order valence-electron chi connectivity index (χ2n) is 10.7. The van der Waals surface area contributed by atoms with E-state index in [1.165, 1.54) is 0 Å². The summed E-state index contributed by atoms with van der Waals surface area (Å²) in [6, 6.07) is 0. The largest absolute Gasteiger partial charge is 0.394 e. The zero-order valence-electron chi connectivity index (χ0n) is 17.3. The highest BCUT2D eigenvalue weighted by Gasteiger charge is 2.78. The van der Waals surface area contributed by atoms with Crippen LogP contribution in [-0.4, -0.2) is 41.4 Å². The molecule has 5 aliphatic rings. The maximum absolute atomic E-state index is 13.2. The quantitative estimate of drug-likeness (QED) is 0.739.